The monoisotopic (exact) mass is 263 g/mol. The summed E-state index contributed by atoms with van der Waals surface area (Å²) < 4.78 is 4.86. The Morgan fingerprint density at radius 2 is 1.84 bits per heavy atom. The van der Waals surface area contributed by atoms with Crippen LogP contribution in [0.1, 0.15) is 32.8 Å². The predicted molar refractivity (Wildman–Crippen MR) is 78.0 cm³/mol. The van der Waals surface area contributed by atoms with Gasteiger partial charge in [0.2, 0.25) is 0 Å². The van der Waals surface area contributed by atoms with Gasteiger partial charge in [-0.15, -0.1) is 0 Å². The van der Waals surface area contributed by atoms with Crippen molar-refractivity contribution in [2.24, 2.45) is 5.92 Å². The topological polar surface area (TPSA) is 38.3 Å². The summed E-state index contributed by atoms with van der Waals surface area (Å²) >= 11 is 0. The molecule has 0 heterocycles. The standard InChI is InChI=1S/C16H25NO2/c1-12(2)10-15(16(18)19-4)17-13(3)11-14-8-6-5-7-9-14/h5-9,12-13,15,17H,10-11H2,1-4H3. The van der Waals surface area contributed by atoms with Crippen LogP contribution >= 0.6 is 0 Å². The second-order valence-electron chi connectivity index (χ2n) is 5.46. The zero-order chi connectivity index (χ0) is 14.3. The van der Waals surface area contributed by atoms with E-state index in [1.54, 1.807) is 0 Å². The van der Waals surface area contributed by atoms with Gasteiger partial charge in [0, 0.05) is 6.04 Å². The van der Waals surface area contributed by atoms with E-state index in [2.05, 4.69) is 38.2 Å². The third kappa shape index (κ3) is 5.88. The first-order chi connectivity index (χ1) is 9.02. The van der Waals surface area contributed by atoms with Crippen LogP contribution in [-0.4, -0.2) is 25.2 Å². The van der Waals surface area contributed by atoms with Crippen LogP contribution in [0.25, 0.3) is 0 Å². The number of hydrogen-bond donors (Lipinski definition) is 1. The Morgan fingerprint density at radius 1 is 1.21 bits per heavy atom. The molecule has 0 fully saturated rings. The average Bonchev–Trinajstić information content (AvgIpc) is 2.37. The number of hydrogen-bond acceptors (Lipinski definition) is 3. The van der Waals surface area contributed by atoms with Crippen LogP contribution in [-0.2, 0) is 16.0 Å². The van der Waals surface area contributed by atoms with Gasteiger partial charge in [-0.3, -0.25) is 4.79 Å². The van der Waals surface area contributed by atoms with E-state index in [0.717, 1.165) is 12.8 Å². The van der Waals surface area contributed by atoms with Gasteiger partial charge in [0.05, 0.1) is 7.11 Å². The zero-order valence-corrected chi connectivity index (χ0v) is 12.3. The van der Waals surface area contributed by atoms with Crippen molar-refractivity contribution in [1.29, 1.82) is 0 Å². The van der Waals surface area contributed by atoms with Crippen molar-refractivity contribution in [3.63, 3.8) is 0 Å². The number of carbonyl (C=O) groups is 1. The maximum Gasteiger partial charge on any atom is 0.322 e. The van der Waals surface area contributed by atoms with E-state index in [4.69, 9.17) is 4.74 Å². The highest BCUT2D eigenvalue weighted by molar-refractivity contribution is 5.75. The molecule has 1 N–H and O–H groups in total. The van der Waals surface area contributed by atoms with Crippen molar-refractivity contribution in [3.05, 3.63) is 35.9 Å². The van der Waals surface area contributed by atoms with Crippen LogP contribution in [0.3, 0.4) is 0 Å². The molecule has 3 heteroatoms. The van der Waals surface area contributed by atoms with Crippen LogP contribution < -0.4 is 5.32 Å². The van der Waals surface area contributed by atoms with E-state index < -0.39 is 0 Å². The minimum Gasteiger partial charge on any atom is -0.468 e. The Hall–Kier alpha value is -1.35. The molecule has 0 aliphatic heterocycles. The maximum absolute atomic E-state index is 11.8. The predicted octanol–water partition coefficient (Wildman–Crippen LogP) is 2.79. The van der Waals surface area contributed by atoms with Gasteiger partial charge in [0.25, 0.3) is 0 Å². The van der Waals surface area contributed by atoms with Gasteiger partial charge in [-0.1, -0.05) is 44.2 Å². The van der Waals surface area contributed by atoms with E-state index in [1.807, 2.05) is 18.2 Å². The number of methoxy groups -OCH3 is 1. The van der Waals surface area contributed by atoms with Crippen molar-refractivity contribution in [1.82, 2.24) is 5.32 Å². The normalized spacial score (nSPS) is 14.2. The second kappa shape index (κ2) is 7.95. The smallest absolute Gasteiger partial charge is 0.322 e. The molecule has 3 nitrogen and oxygen atoms in total. The molecular formula is C16H25NO2. The van der Waals surface area contributed by atoms with Crippen molar-refractivity contribution in [2.75, 3.05) is 7.11 Å². The summed E-state index contributed by atoms with van der Waals surface area (Å²) in [5.74, 6) is 0.286. The SMILES string of the molecule is COC(=O)C(CC(C)C)NC(C)Cc1ccccc1. The lowest BCUT2D eigenvalue weighted by Crippen LogP contribution is -2.44. The molecule has 19 heavy (non-hydrogen) atoms. The number of rotatable bonds is 7. The summed E-state index contributed by atoms with van der Waals surface area (Å²) in [5, 5.41) is 3.37. The molecule has 1 aromatic carbocycles. The molecule has 0 aliphatic rings. The quantitative estimate of drug-likeness (QED) is 0.769. The number of ether oxygens (including phenoxy) is 1. The lowest BCUT2D eigenvalue weighted by molar-refractivity contribution is -0.143. The highest BCUT2D eigenvalue weighted by Crippen LogP contribution is 2.09. The van der Waals surface area contributed by atoms with Crippen molar-refractivity contribution in [2.45, 2.75) is 45.7 Å². The van der Waals surface area contributed by atoms with Gasteiger partial charge in [-0.2, -0.15) is 0 Å². The number of esters is 1. The summed E-state index contributed by atoms with van der Waals surface area (Å²) in [5.41, 5.74) is 1.27. The molecule has 2 atom stereocenters. The van der Waals surface area contributed by atoms with Crippen LogP contribution in [0, 0.1) is 5.92 Å². The van der Waals surface area contributed by atoms with Crippen molar-refractivity contribution in [3.8, 4) is 0 Å². The molecular weight excluding hydrogens is 238 g/mol. The molecule has 0 saturated carbocycles. The van der Waals surface area contributed by atoms with Crippen LogP contribution in [0.4, 0.5) is 0 Å². The van der Waals surface area contributed by atoms with Crippen molar-refractivity contribution >= 4 is 5.97 Å². The molecule has 0 spiro atoms. The minimum absolute atomic E-state index is 0.173. The third-order valence-corrected chi connectivity index (χ3v) is 3.06. The Morgan fingerprint density at radius 3 is 2.37 bits per heavy atom. The fraction of sp³-hybridized carbons (Fsp3) is 0.562. The van der Waals surface area contributed by atoms with E-state index in [1.165, 1.54) is 12.7 Å². The molecule has 0 aliphatic carbocycles. The van der Waals surface area contributed by atoms with Crippen LogP contribution in [0.15, 0.2) is 30.3 Å². The Labute approximate surface area is 116 Å². The third-order valence-electron chi connectivity index (χ3n) is 3.06. The zero-order valence-electron chi connectivity index (χ0n) is 12.3. The molecule has 1 rings (SSSR count). The molecule has 0 radical (unpaired) electrons. The Bertz CT molecular complexity index is 376. The Balaban J connectivity index is 2.55. The number of benzene rings is 1. The van der Waals surface area contributed by atoms with Gasteiger partial charge in [0.15, 0.2) is 0 Å². The fourth-order valence-electron chi connectivity index (χ4n) is 2.22. The van der Waals surface area contributed by atoms with Gasteiger partial charge in [0.1, 0.15) is 6.04 Å². The maximum atomic E-state index is 11.8. The molecule has 0 amide bonds. The Kier molecular flexibility index (Phi) is 6.57. The van der Waals surface area contributed by atoms with E-state index in [-0.39, 0.29) is 18.1 Å². The van der Waals surface area contributed by atoms with Crippen LogP contribution in [0.5, 0.6) is 0 Å². The van der Waals surface area contributed by atoms with Crippen LogP contribution in [0.2, 0.25) is 0 Å². The molecule has 106 valence electrons. The fourth-order valence-corrected chi connectivity index (χ4v) is 2.22. The van der Waals surface area contributed by atoms with E-state index in [9.17, 15) is 4.79 Å². The summed E-state index contributed by atoms with van der Waals surface area (Å²) in [6, 6.07) is 10.3. The summed E-state index contributed by atoms with van der Waals surface area (Å²) in [6.45, 7) is 6.32. The summed E-state index contributed by atoms with van der Waals surface area (Å²) in [4.78, 5) is 11.8. The molecule has 0 bridgehead atoms. The van der Waals surface area contributed by atoms with Crippen molar-refractivity contribution < 1.29 is 9.53 Å². The summed E-state index contributed by atoms with van der Waals surface area (Å²) in [6.07, 6.45) is 1.71. The largest absolute Gasteiger partial charge is 0.468 e. The van der Waals surface area contributed by atoms with E-state index >= 15 is 0 Å². The second-order valence-corrected chi connectivity index (χ2v) is 5.46. The first-order valence-corrected chi connectivity index (χ1v) is 6.90. The highest BCUT2D eigenvalue weighted by Gasteiger charge is 2.22. The molecule has 2 unspecified atom stereocenters. The highest BCUT2D eigenvalue weighted by atomic mass is 16.5. The number of carbonyl (C=O) groups excluding carboxylic acids is 1. The van der Waals surface area contributed by atoms with Gasteiger partial charge in [-0.05, 0) is 31.2 Å². The lowest BCUT2D eigenvalue weighted by atomic mass is 10.0. The molecule has 0 aromatic heterocycles. The van der Waals surface area contributed by atoms with Gasteiger partial charge in [-0.25, -0.2) is 0 Å². The first-order valence-electron chi connectivity index (χ1n) is 6.90. The minimum atomic E-state index is -0.219. The molecule has 1 aromatic rings. The summed E-state index contributed by atoms with van der Waals surface area (Å²) in [7, 11) is 1.44. The van der Waals surface area contributed by atoms with E-state index in [0.29, 0.717) is 5.92 Å². The average molecular weight is 263 g/mol. The van der Waals surface area contributed by atoms with Gasteiger partial charge < -0.3 is 10.1 Å². The molecule has 0 saturated heterocycles. The number of nitrogens with one attached hydrogen (secondary N) is 1. The lowest BCUT2D eigenvalue weighted by Gasteiger charge is -2.23. The first kappa shape index (κ1) is 15.7. The van der Waals surface area contributed by atoms with Gasteiger partial charge >= 0.3 is 5.97 Å².